The highest BCUT2D eigenvalue weighted by Gasteiger charge is 2.09. The van der Waals surface area contributed by atoms with Crippen LogP contribution in [0, 0.1) is 0 Å². The van der Waals surface area contributed by atoms with Gasteiger partial charge in [0.2, 0.25) is 0 Å². The second-order valence-corrected chi connectivity index (χ2v) is 4.98. The van der Waals surface area contributed by atoms with Crippen molar-refractivity contribution in [2.24, 2.45) is 0 Å². The fraction of sp³-hybridized carbons (Fsp3) is 0.250. The van der Waals surface area contributed by atoms with E-state index in [-0.39, 0.29) is 12.6 Å². The van der Waals surface area contributed by atoms with Crippen LogP contribution in [-0.2, 0) is 6.61 Å². The summed E-state index contributed by atoms with van der Waals surface area (Å²) in [5.41, 5.74) is 1.83. The average molecular weight is 292 g/mol. The Balaban J connectivity index is 2.26. The van der Waals surface area contributed by atoms with Gasteiger partial charge in [-0.2, -0.15) is 0 Å². The van der Waals surface area contributed by atoms with E-state index in [0.717, 1.165) is 11.1 Å². The standard InChI is InChI=1S/C16H18ClNO2/c1-11(18-2)12-7-8-16(14(17)9-12)20-15-6-4-3-5-13(15)10-19/h3-9,11,18-19H,10H2,1-2H3. The topological polar surface area (TPSA) is 41.5 Å². The molecule has 2 aromatic carbocycles. The van der Waals surface area contributed by atoms with E-state index in [9.17, 15) is 5.11 Å². The minimum Gasteiger partial charge on any atom is -0.455 e. The molecule has 0 fully saturated rings. The summed E-state index contributed by atoms with van der Waals surface area (Å²) in [6.07, 6.45) is 0. The van der Waals surface area contributed by atoms with E-state index >= 15 is 0 Å². The molecular formula is C16H18ClNO2. The Morgan fingerprint density at radius 3 is 2.60 bits per heavy atom. The van der Waals surface area contributed by atoms with Crippen molar-refractivity contribution >= 4 is 11.6 Å². The first-order valence-corrected chi connectivity index (χ1v) is 6.87. The fourth-order valence-corrected chi connectivity index (χ4v) is 2.12. The van der Waals surface area contributed by atoms with Crippen molar-refractivity contribution in [1.29, 1.82) is 0 Å². The number of rotatable bonds is 5. The number of benzene rings is 2. The number of hydrogen-bond donors (Lipinski definition) is 2. The number of nitrogens with one attached hydrogen (secondary N) is 1. The highest BCUT2D eigenvalue weighted by Crippen LogP contribution is 2.33. The lowest BCUT2D eigenvalue weighted by Gasteiger charge is -2.14. The van der Waals surface area contributed by atoms with Gasteiger partial charge in [0.15, 0.2) is 0 Å². The van der Waals surface area contributed by atoms with Crippen LogP contribution in [0.2, 0.25) is 5.02 Å². The van der Waals surface area contributed by atoms with Crippen molar-refractivity contribution < 1.29 is 9.84 Å². The normalized spacial score (nSPS) is 12.2. The van der Waals surface area contributed by atoms with Gasteiger partial charge < -0.3 is 15.2 Å². The van der Waals surface area contributed by atoms with Crippen LogP contribution in [0.15, 0.2) is 42.5 Å². The van der Waals surface area contributed by atoms with Gasteiger partial charge in [0.1, 0.15) is 11.5 Å². The third-order valence-corrected chi connectivity index (χ3v) is 3.55. The second kappa shape index (κ2) is 6.75. The summed E-state index contributed by atoms with van der Waals surface area (Å²) in [7, 11) is 1.90. The molecule has 0 saturated heterocycles. The molecule has 4 heteroatoms. The molecule has 2 rings (SSSR count). The van der Waals surface area contributed by atoms with Gasteiger partial charge in [0.05, 0.1) is 11.6 Å². The van der Waals surface area contributed by atoms with Crippen molar-refractivity contribution in [3.8, 4) is 11.5 Å². The molecule has 0 spiro atoms. The number of para-hydroxylation sites is 1. The minimum absolute atomic E-state index is 0.0668. The van der Waals surface area contributed by atoms with Crippen LogP contribution in [0.4, 0.5) is 0 Å². The maximum Gasteiger partial charge on any atom is 0.146 e. The van der Waals surface area contributed by atoms with E-state index in [0.29, 0.717) is 16.5 Å². The molecule has 1 unspecified atom stereocenters. The summed E-state index contributed by atoms with van der Waals surface area (Å²) < 4.78 is 5.79. The summed E-state index contributed by atoms with van der Waals surface area (Å²) >= 11 is 6.26. The molecule has 3 nitrogen and oxygen atoms in total. The van der Waals surface area contributed by atoms with Gasteiger partial charge in [-0.3, -0.25) is 0 Å². The highest BCUT2D eigenvalue weighted by molar-refractivity contribution is 6.32. The average Bonchev–Trinajstić information content (AvgIpc) is 2.49. The maximum atomic E-state index is 9.29. The maximum absolute atomic E-state index is 9.29. The molecule has 0 saturated carbocycles. The van der Waals surface area contributed by atoms with E-state index in [1.165, 1.54) is 0 Å². The molecular weight excluding hydrogens is 274 g/mol. The molecule has 1 atom stereocenters. The Morgan fingerprint density at radius 2 is 1.95 bits per heavy atom. The third-order valence-electron chi connectivity index (χ3n) is 3.25. The molecule has 0 aliphatic rings. The fourth-order valence-electron chi connectivity index (χ4n) is 1.89. The van der Waals surface area contributed by atoms with Crippen LogP contribution < -0.4 is 10.1 Å². The molecule has 0 amide bonds. The molecule has 20 heavy (non-hydrogen) atoms. The summed E-state index contributed by atoms with van der Waals surface area (Å²) in [6, 6.07) is 13.3. The third kappa shape index (κ3) is 3.31. The summed E-state index contributed by atoms with van der Waals surface area (Å²) in [5.74, 6) is 1.20. The van der Waals surface area contributed by atoms with Crippen LogP contribution in [0.1, 0.15) is 24.1 Å². The van der Waals surface area contributed by atoms with Gasteiger partial charge in [0.25, 0.3) is 0 Å². The van der Waals surface area contributed by atoms with Crippen LogP contribution in [-0.4, -0.2) is 12.2 Å². The number of hydrogen-bond acceptors (Lipinski definition) is 3. The molecule has 2 N–H and O–H groups in total. The molecule has 106 valence electrons. The second-order valence-electron chi connectivity index (χ2n) is 4.57. The Labute approximate surface area is 124 Å². The first-order chi connectivity index (χ1) is 9.65. The monoisotopic (exact) mass is 291 g/mol. The van der Waals surface area contributed by atoms with Crippen LogP contribution >= 0.6 is 11.6 Å². The van der Waals surface area contributed by atoms with E-state index in [2.05, 4.69) is 12.2 Å². The van der Waals surface area contributed by atoms with Crippen LogP contribution in [0.5, 0.6) is 11.5 Å². The van der Waals surface area contributed by atoms with E-state index in [1.807, 2.05) is 49.5 Å². The first kappa shape index (κ1) is 14.9. The van der Waals surface area contributed by atoms with Crippen molar-refractivity contribution in [2.75, 3.05) is 7.05 Å². The van der Waals surface area contributed by atoms with E-state index in [1.54, 1.807) is 0 Å². The van der Waals surface area contributed by atoms with Gasteiger partial charge in [-0.25, -0.2) is 0 Å². The van der Waals surface area contributed by atoms with Crippen molar-refractivity contribution in [1.82, 2.24) is 5.32 Å². The summed E-state index contributed by atoms with van der Waals surface area (Å²) in [5, 5.41) is 13.0. The number of halogens is 1. The Hall–Kier alpha value is -1.55. The van der Waals surface area contributed by atoms with Gasteiger partial charge in [-0.1, -0.05) is 35.9 Å². The molecule has 0 aliphatic heterocycles. The SMILES string of the molecule is CNC(C)c1ccc(Oc2ccccc2CO)c(Cl)c1. The molecule has 0 bridgehead atoms. The zero-order valence-corrected chi connectivity index (χ0v) is 12.3. The van der Waals surface area contributed by atoms with Gasteiger partial charge in [-0.05, 0) is 37.7 Å². The predicted octanol–water partition coefficient (Wildman–Crippen LogP) is 3.91. The molecule has 2 aromatic rings. The molecule has 0 heterocycles. The van der Waals surface area contributed by atoms with E-state index in [4.69, 9.17) is 16.3 Å². The van der Waals surface area contributed by atoms with Crippen molar-refractivity contribution in [3.63, 3.8) is 0 Å². The summed E-state index contributed by atoms with van der Waals surface area (Å²) in [4.78, 5) is 0. The van der Waals surface area contributed by atoms with Gasteiger partial charge >= 0.3 is 0 Å². The zero-order chi connectivity index (χ0) is 14.5. The Morgan fingerprint density at radius 1 is 1.20 bits per heavy atom. The lowest BCUT2D eigenvalue weighted by Crippen LogP contribution is -2.12. The Bertz CT molecular complexity index is 586. The smallest absolute Gasteiger partial charge is 0.146 e. The lowest BCUT2D eigenvalue weighted by molar-refractivity contribution is 0.276. The quantitative estimate of drug-likeness (QED) is 0.878. The first-order valence-electron chi connectivity index (χ1n) is 6.49. The van der Waals surface area contributed by atoms with Crippen LogP contribution in [0.3, 0.4) is 0 Å². The largest absolute Gasteiger partial charge is 0.455 e. The molecule has 0 radical (unpaired) electrons. The summed E-state index contributed by atoms with van der Waals surface area (Å²) in [6.45, 7) is 2.00. The predicted molar refractivity (Wildman–Crippen MR) is 81.4 cm³/mol. The molecule has 0 aliphatic carbocycles. The van der Waals surface area contributed by atoms with Crippen molar-refractivity contribution in [3.05, 3.63) is 58.6 Å². The van der Waals surface area contributed by atoms with Gasteiger partial charge in [0, 0.05) is 11.6 Å². The van der Waals surface area contributed by atoms with Crippen LogP contribution in [0.25, 0.3) is 0 Å². The lowest BCUT2D eigenvalue weighted by atomic mass is 10.1. The highest BCUT2D eigenvalue weighted by atomic mass is 35.5. The number of aliphatic hydroxyl groups excluding tert-OH is 1. The van der Waals surface area contributed by atoms with E-state index < -0.39 is 0 Å². The minimum atomic E-state index is -0.0668. The van der Waals surface area contributed by atoms with Crippen molar-refractivity contribution in [2.45, 2.75) is 19.6 Å². The zero-order valence-electron chi connectivity index (χ0n) is 11.6. The van der Waals surface area contributed by atoms with Gasteiger partial charge in [-0.15, -0.1) is 0 Å². The number of aliphatic hydroxyl groups is 1. The Kier molecular flexibility index (Phi) is 5.01. The number of ether oxygens (including phenoxy) is 1. The molecule has 0 aromatic heterocycles.